The fourth-order valence-corrected chi connectivity index (χ4v) is 3.37. The number of benzene rings is 2. The third kappa shape index (κ3) is 3.74. The van der Waals surface area contributed by atoms with E-state index in [1.807, 2.05) is 43.3 Å². The summed E-state index contributed by atoms with van der Waals surface area (Å²) in [5.74, 6) is 0.685. The van der Waals surface area contributed by atoms with Crippen LogP contribution in [0.25, 0.3) is 11.5 Å². The number of rotatable bonds is 6. The van der Waals surface area contributed by atoms with E-state index in [4.69, 9.17) is 8.94 Å². The van der Waals surface area contributed by atoms with Crippen LogP contribution in [0.2, 0.25) is 0 Å². The average Bonchev–Trinajstić information content (AvgIpc) is 3.42. The molecule has 0 saturated carbocycles. The van der Waals surface area contributed by atoms with Crippen molar-refractivity contribution < 1.29 is 13.7 Å². The molecule has 1 amide bonds. The van der Waals surface area contributed by atoms with Gasteiger partial charge >= 0.3 is 0 Å². The summed E-state index contributed by atoms with van der Waals surface area (Å²) in [7, 11) is 0. The van der Waals surface area contributed by atoms with E-state index in [0.717, 1.165) is 11.1 Å². The molecule has 0 radical (unpaired) electrons. The van der Waals surface area contributed by atoms with E-state index in [-0.39, 0.29) is 23.6 Å². The molecule has 28 heavy (non-hydrogen) atoms. The summed E-state index contributed by atoms with van der Waals surface area (Å²) in [6, 6.07) is 25.2. The fourth-order valence-electron chi connectivity index (χ4n) is 3.37. The van der Waals surface area contributed by atoms with Gasteiger partial charge in [-0.15, -0.1) is 0 Å². The van der Waals surface area contributed by atoms with E-state index in [9.17, 15) is 4.79 Å². The van der Waals surface area contributed by atoms with E-state index in [2.05, 4.69) is 34.7 Å². The second-order valence-corrected chi connectivity index (χ2v) is 6.61. The van der Waals surface area contributed by atoms with Crippen LogP contribution in [0.15, 0.2) is 94.1 Å². The molecule has 0 bridgehead atoms. The number of hydrogen-bond acceptors (Lipinski definition) is 4. The van der Waals surface area contributed by atoms with Crippen molar-refractivity contribution in [2.75, 3.05) is 0 Å². The van der Waals surface area contributed by atoms with Crippen molar-refractivity contribution in [3.05, 3.63) is 102 Å². The maximum atomic E-state index is 12.7. The Bertz CT molecular complexity index is 985. The summed E-state index contributed by atoms with van der Waals surface area (Å²) in [5, 5.41) is 6.94. The molecule has 1 atom stereocenters. The van der Waals surface area contributed by atoms with E-state index < -0.39 is 0 Å². The number of furan rings is 1. The molecule has 1 unspecified atom stereocenters. The van der Waals surface area contributed by atoms with Crippen LogP contribution >= 0.6 is 0 Å². The number of nitrogens with zero attached hydrogens (tertiary/aromatic N) is 1. The Morgan fingerprint density at radius 1 is 0.893 bits per heavy atom. The van der Waals surface area contributed by atoms with Gasteiger partial charge in [-0.05, 0) is 30.2 Å². The smallest absolute Gasteiger partial charge is 0.273 e. The van der Waals surface area contributed by atoms with Gasteiger partial charge in [0.15, 0.2) is 11.5 Å². The zero-order valence-electron chi connectivity index (χ0n) is 15.4. The zero-order chi connectivity index (χ0) is 19.3. The SMILES string of the molecule is CC(NC(=O)c1cc(-c2ccco2)on1)C(c1ccccc1)c1ccccc1. The van der Waals surface area contributed by atoms with Crippen LogP contribution < -0.4 is 5.32 Å². The summed E-state index contributed by atoms with van der Waals surface area (Å²) >= 11 is 0. The highest BCUT2D eigenvalue weighted by Crippen LogP contribution is 2.28. The minimum Gasteiger partial charge on any atom is -0.461 e. The number of aromatic nitrogens is 1. The maximum absolute atomic E-state index is 12.7. The first-order valence-electron chi connectivity index (χ1n) is 9.14. The van der Waals surface area contributed by atoms with Crippen molar-refractivity contribution in [2.24, 2.45) is 0 Å². The van der Waals surface area contributed by atoms with E-state index >= 15 is 0 Å². The van der Waals surface area contributed by atoms with Gasteiger partial charge < -0.3 is 14.3 Å². The Morgan fingerprint density at radius 3 is 2.11 bits per heavy atom. The molecule has 5 nitrogen and oxygen atoms in total. The lowest BCUT2D eigenvalue weighted by atomic mass is 9.86. The largest absolute Gasteiger partial charge is 0.461 e. The molecule has 5 heteroatoms. The lowest BCUT2D eigenvalue weighted by Crippen LogP contribution is -2.37. The standard InChI is InChI=1S/C23H20N2O3/c1-16(22(17-9-4-2-5-10-17)18-11-6-3-7-12-18)24-23(26)19-15-21(28-25-19)20-13-8-14-27-20/h2-16,22H,1H3,(H,24,26). The molecule has 4 aromatic rings. The van der Waals surface area contributed by atoms with Gasteiger partial charge in [-0.2, -0.15) is 0 Å². The number of carbonyl (C=O) groups excluding carboxylic acids is 1. The van der Waals surface area contributed by atoms with Crippen molar-refractivity contribution >= 4 is 5.91 Å². The molecule has 0 fully saturated rings. The summed E-state index contributed by atoms with van der Waals surface area (Å²) in [5.41, 5.74) is 2.49. The van der Waals surface area contributed by atoms with E-state index in [0.29, 0.717) is 11.5 Å². The highest BCUT2D eigenvalue weighted by molar-refractivity contribution is 5.93. The Kier molecular flexibility index (Phi) is 5.06. The van der Waals surface area contributed by atoms with Crippen molar-refractivity contribution in [3.63, 3.8) is 0 Å². The molecule has 0 aliphatic carbocycles. The first-order chi connectivity index (χ1) is 13.7. The van der Waals surface area contributed by atoms with Gasteiger partial charge in [0.05, 0.1) is 6.26 Å². The Morgan fingerprint density at radius 2 is 1.54 bits per heavy atom. The zero-order valence-corrected chi connectivity index (χ0v) is 15.4. The molecule has 0 aliphatic rings. The maximum Gasteiger partial charge on any atom is 0.273 e. The summed E-state index contributed by atoms with van der Waals surface area (Å²) in [4.78, 5) is 12.7. The Hall–Kier alpha value is -3.60. The molecule has 4 rings (SSSR count). The van der Waals surface area contributed by atoms with Gasteiger partial charge in [0.25, 0.3) is 5.91 Å². The summed E-state index contributed by atoms with van der Waals surface area (Å²) in [6.45, 7) is 2.00. The predicted molar refractivity (Wildman–Crippen MR) is 106 cm³/mol. The van der Waals surface area contributed by atoms with Crippen LogP contribution in [0, 0.1) is 0 Å². The Labute approximate surface area is 163 Å². The molecule has 0 spiro atoms. The highest BCUT2D eigenvalue weighted by Gasteiger charge is 2.24. The quantitative estimate of drug-likeness (QED) is 0.523. The summed E-state index contributed by atoms with van der Waals surface area (Å²) in [6.07, 6.45) is 1.55. The van der Waals surface area contributed by atoms with Crippen LogP contribution in [0.5, 0.6) is 0 Å². The average molecular weight is 372 g/mol. The minimum atomic E-state index is -0.286. The molecule has 2 aromatic carbocycles. The van der Waals surface area contributed by atoms with Crippen molar-refractivity contribution in [1.29, 1.82) is 0 Å². The predicted octanol–water partition coefficient (Wildman–Crippen LogP) is 4.89. The van der Waals surface area contributed by atoms with Crippen molar-refractivity contribution in [2.45, 2.75) is 18.9 Å². The molecule has 2 aromatic heterocycles. The number of amides is 1. The third-order valence-electron chi connectivity index (χ3n) is 4.68. The molecule has 140 valence electrons. The number of hydrogen-bond donors (Lipinski definition) is 1. The first kappa shape index (κ1) is 17.8. The van der Waals surface area contributed by atoms with Crippen LogP contribution in [0.1, 0.15) is 34.5 Å². The molecule has 0 saturated heterocycles. The topological polar surface area (TPSA) is 68.3 Å². The van der Waals surface area contributed by atoms with Crippen LogP contribution in [-0.2, 0) is 0 Å². The second kappa shape index (κ2) is 7.96. The molecular formula is C23H20N2O3. The summed E-state index contributed by atoms with van der Waals surface area (Å²) < 4.78 is 10.5. The van der Waals surface area contributed by atoms with Gasteiger partial charge in [0.1, 0.15) is 0 Å². The number of carbonyl (C=O) groups is 1. The fraction of sp³-hybridized carbons (Fsp3) is 0.130. The van der Waals surface area contributed by atoms with Crippen LogP contribution in [0.4, 0.5) is 0 Å². The van der Waals surface area contributed by atoms with Gasteiger partial charge in [0, 0.05) is 18.0 Å². The highest BCUT2D eigenvalue weighted by atomic mass is 16.5. The van der Waals surface area contributed by atoms with Crippen molar-refractivity contribution in [3.8, 4) is 11.5 Å². The molecule has 0 aliphatic heterocycles. The Balaban J connectivity index is 1.56. The van der Waals surface area contributed by atoms with E-state index in [1.165, 1.54) is 0 Å². The molecule has 2 heterocycles. The lowest BCUT2D eigenvalue weighted by Gasteiger charge is -2.25. The first-order valence-corrected chi connectivity index (χ1v) is 9.14. The molecule has 1 N–H and O–H groups in total. The van der Waals surface area contributed by atoms with Crippen LogP contribution in [0.3, 0.4) is 0 Å². The van der Waals surface area contributed by atoms with Crippen molar-refractivity contribution in [1.82, 2.24) is 10.5 Å². The monoisotopic (exact) mass is 372 g/mol. The third-order valence-corrected chi connectivity index (χ3v) is 4.68. The van der Waals surface area contributed by atoms with Gasteiger partial charge in [-0.3, -0.25) is 4.79 Å². The number of nitrogens with one attached hydrogen (secondary N) is 1. The lowest BCUT2D eigenvalue weighted by molar-refractivity contribution is 0.0928. The molecular weight excluding hydrogens is 352 g/mol. The van der Waals surface area contributed by atoms with Gasteiger partial charge in [-0.25, -0.2) is 0 Å². The van der Waals surface area contributed by atoms with Crippen LogP contribution in [-0.4, -0.2) is 17.1 Å². The normalized spacial score (nSPS) is 12.1. The minimum absolute atomic E-state index is 0.0165. The van der Waals surface area contributed by atoms with Gasteiger partial charge in [0.2, 0.25) is 5.76 Å². The van der Waals surface area contributed by atoms with E-state index in [1.54, 1.807) is 24.5 Å². The van der Waals surface area contributed by atoms with Gasteiger partial charge in [-0.1, -0.05) is 65.8 Å². The second-order valence-electron chi connectivity index (χ2n) is 6.61.